The van der Waals surface area contributed by atoms with E-state index in [1.165, 1.54) is 19.9 Å². The Morgan fingerprint density at radius 1 is 1.55 bits per heavy atom. The molecule has 0 spiro atoms. The minimum atomic E-state index is -4.48. The first-order valence-electron chi connectivity index (χ1n) is 5.65. The monoisotopic (exact) mass is 310 g/mol. The van der Waals surface area contributed by atoms with Crippen molar-refractivity contribution in [3.05, 3.63) is 22.8 Å². The lowest BCUT2D eigenvalue weighted by molar-refractivity contribution is -0.143. The number of anilines is 1. The van der Waals surface area contributed by atoms with Crippen LogP contribution in [0.2, 0.25) is 5.02 Å². The molecule has 0 saturated heterocycles. The number of alkyl halides is 3. The summed E-state index contributed by atoms with van der Waals surface area (Å²) in [4.78, 5) is 16.5. The van der Waals surface area contributed by atoms with E-state index in [0.29, 0.717) is 4.90 Å². The van der Waals surface area contributed by atoms with Crippen molar-refractivity contribution < 1.29 is 18.0 Å². The van der Waals surface area contributed by atoms with Gasteiger partial charge >= 0.3 is 6.18 Å². The zero-order chi connectivity index (χ0) is 15.5. The average Bonchev–Trinajstić information content (AvgIpc) is 2.33. The molecule has 1 rings (SSSR count). The van der Waals surface area contributed by atoms with Gasteiger partial charge in [-0.15, -0.1) is 0 Å². The maximum absolute atomic E-state index is 12.5. The first kappa shape index (κ1) is 16.5. The standard InChI is InChI=1S/C11H14ClF3N4O/c1-6(2)19(5-11(13,14)15)10(20)7-3-8(12)9(18-16)17-4-7/h3-4,6H,5,16H2,1-2H3,(H,17,18). The van der Waals surface area contributed by atoms with Crippen molar-refractivity contribution in [3.63, 3.8) is 0 Å². The maximum Gasteiger partial charge on any atom is 0.406 e. The Labute approximate surface area is 118 Å². The number of aromatic nitrogens is 1. The number of rotatable bonds is 4. The minimum absolute atomic E-state index is 0.0352. The quantitative estimate of drug-likeness (QED) is 0.662. The number of nitrogens with two attached hydrogens (primary N) is 1. The van der Waals surface area contributed by atoms with E-state index in [2.05, 4.69) is 10.4 Å². The summed E-state index contributed by atoms with van der Waals surface area (Å²) in [6.07, 6.45) is -3.36. The fourth-order valence-corrected chi connectivity index (χ4v) is 1.73. The Kier molecular flexibility index (Phi) is 5.18. The van der Waals surface area contributed by atoms with Gasteiger partial charge in [-0.2, -0.15) is 13.2 Å². The molecule has 20 heavy (non-hydrogen) atoms. The second kappa shape index (κ2) is 6.27. The van der Waals surface area contributed by atoms with Gasteiger partial charge in [0.1, 0.15) is 6.54 Å². The van der Waals surface area contributed by atoms with Crippen LogP contribution < -0.4 is 11.3 Å². The first-order chi connectivity index (χ1) is 9.15. The van der Waals surface area contributed by atoms with Crippen molar-refractivity contribution in [2.24, 2.45) is 5.84 Å². The molecule has 0 fully saturated rings. The number of hydrogen-bond donors (Lipinski definition) is 2. The van der Waals surface area contributed by atoms with E-state index in [9.17, 15) is 18.0 Å². The summed E-state index contributed by atoms with van der Waals surface area (Å²) in [6.45, 7) is 1.65. The van der Waals surface area contributed by atoms with E-state index in [1.807, 2.05) is 0 Å². The van der Waals surface area contributed by atoms with Crippen LogP contribution in [-0.2, 0) is 0 Å². The number of nitrogens with zero attached hydrogens (tertiary/aromatic N) is 2. The lowest BCUT2D eigenvalue weighted by Crippen LogP contribution is -2.43. The summed E-state index contributed by atoms with van der Waals surface area (Å²) in [5, 5.41) is 0.0501. The lowest BCUT2D eigenvalue weighted by atomic mass is 10.2. The van der Waals surface area contributed by atoms with Crippen molar-refractivity contribution in [2.75, 3.05) is 12.0 Å². The molecular weight excluding hydrogens is 297 g/mol. The Bertz CT molecular complexity index is 493. The zero-order valence-electron chi connectivity index (χ0n) is 10.8. The smallest absolute Gasteiger partial charge is 0.327 e. The summed E-state index contributed by atoms with van der Waals surface area (Å²) in [6, 6.07) is 0.605. The number of hydrazine groups is 1. The molecule has 112 valence electrons. The number of carbonyl (C=O) groups excluding carboxylic acids is 1. The average molecular weight is 311 g/mol. The van der Waals surface area contributed by atoms with Crippen molar-refractivity contribution in [1.82, 2.24) is 9.88 Å². The van der Waals surface area contributed by atoms with Crippen LogP contribution >= 0.6 is 11.6 Å². The summed E-state index contributed by atoms with van der Waals surface area (Å²) in [5.41, 5.74) is 2.17. The molecule has 1 heterocycles. The highest BCUT2D eigenvalue weighted by Crippen LogP contribution is 2.23. The van der Waals surface area contributed by atoms with Crippen molar-refractivity contribution in [3.8, 4) is 0 Å². The van der Waals surface area contributed by atoms with E-state index in [4.69, 9.17) is 17.4 Å². The van der Waals surface area contributed by atoms with Gasteiger partial charge in [0.2, 0.25) is 0 Å². The fraction of sp³-hybridized carbons (Fsp3) is 0.455. The van der Waals surface area contributed by atoms with Crippen LogP contribution in [0.4, 0.5) is 19.0 Å². The normalized spacial score (nSPS) is 11.6. The second-order valence-electron chi connectivity index (χ2n) is 4.34. The Balaban J connectivity index is 3.04. The lowest BCUT2D eigenvalue weighted by Gasteiger charge is -2.27. The molecule has 9 heteroatoms. The second-order valence-corrected chi connectivity index (χ2v) is 4.75. The molecule has 0 aliphatic rings. The Hall–Kier alpha value is -1.54. The SMILES string of the molecule is CC(C)N(CC(F)(F)F)C(=O)c1cnc(NN)c(Cl)c1. The van der Waals surface area contributed by atoms with Crippen LogP contribution in [0.15, 0.2) is 12.3 Å². The molecule has 0 aliphatic carbocycles. The summed E-state index contributed by atoms with van der Waals surface area (Å²) < 4.78 is 37.4. The van der Waals surface area contributed by atoms with Crippen LogP contribution in [0.25, 0.3) is 0 Å². The van der Waals surface area contributed by atoms with Gasteiger partial charge < -0.3 is 10.3 Å². The third-order valence-corrected chi connectivity index (χ3v) is 2.75. The van der Waals surface area contributed by atoms with E-state index < -0.39 is 24.7 Å². The van der Waals surface area contributed by atoms with E-state index in [0.717, 1.165) is 6.20 Å². The van der Waals surface area contributed by atoms with Gasteiger partial charge in [-0.1, -0.05) is 11.6 Å². The molecule has 3 N–H and O–H groups in total. The number of halogens is 4. The number of carbonyl (C=O) groups is 1. The molecule has 1 amide bonds. The van der Waals surface area contributed by atoms with Crippen molar-refractivity contribution >= 4 is 23.3 Å². The van der Waals surface area contributed by atoms with Gasteiger partial charge in [-0.05, 0) is 19.9 Å². The van der Waals surface area contributed by atoms with Gasteiger partial charge in [-0.3, -0.25) is 4.79 Å². The van der Waals surface area contributed by atoms with E-state index >= 15 is 0 Å². The summed E-state index contributed by atoms with van der Waals surface area (Å²) in [7, 11) is 0. The first-order valence-corrected chi connectivity index (χ1v) is 6.03. The maximum atomic E-state index is 12.5. The molecule has 1 aromatic rings. The van der Waals surface area contributed by atoms with Crippen molar-refractivity contribution in [2.45, 2.75) is 26.1 Å². The van der Waals surface area contributed by atoms with Gasteiger partial charge in [0.25, 0.3) is 5.91 Å². The van der Waals surface area contributed by atoms with E-state index in [1.54, 1.807) is 0 Å². The molecule has 0 aromatic carbocycles. The number of hydrogen-bond acceptors (Lipinski definition) is 4. The largest absolute Gasteiger partial charge is 0.406 e. The predicted octanol–water partition coefficient (Wildman–Crippen LogP) is 2.43. The van der Waals surface area contributed by atoms with Crippen LogP contribution in [0.3, 0.4) is 0 Å². The molecule has 0 atom stereocenters. The number of nitrogen functional groups attached to an aromatic ring is 1. The molecule has 0 radical (unpaired) electrons. The predicted molar refractivity (Wildman–Crippen MR) is 69.3 cm³/mol. The summed E-state index contributed by atoms with van der Waals surface area (Å²) in [5.74, 6) is 4.47. The number of amides is 1. The van der Waals surface area contributed by atoms with Gasteiger partial charge in [0.15, 0.2) is 5.82 Å². The molecule has 5 nitrogen and oxygen atoms in total. The fourth-order valence-electron chi connectivity index (χ4n) is 1.51. The highest BCUT2D eigenvalue weighted by atomic mass is 35.5. The van der Waals surface area contributed by atoms with Gasteiger partial charge in [0, 0.05) is 12.2 Å². The third-order valence-electron chi connectivity index (χ3n) is 2.46. The van der Waals surface area contributed by atoms with Crippen LogP contribution in [0, 0.1) is 0 Å². The highest BCUT2D eigenvalue weighted by Gasteiger charge is 2.34. The Morgan fingerprint density at radius 3 is 2.55 bits per heavy atom. The number of pyridine rings is 1. The third kappa shape index (κ3) is 4.24. The molecule has 1 aromatic heterocycles. The van der Waals surface area contributed by atoms with Gasteiger partial charge in [0.05, 0.1) is 10.6 Å². The highest BCUT2D eigenvalue weighted by molar-refractivity contribution is 6.33. The molecule has 0 saturated carbocycles. The van der Waals surface area contributed by atoms with Crippen LogP contribution in [0.1, 0.15) is 24.2 Å². The van der Waals surface area contributed by atoms with Crippen LogP contribution in [-0.4, -0.2) is 34.6 Å². The molecule has 0 aliphatic heterocycles. The zero-order valence-corrected chi connectivity index (χ0v) is 11.6. The molecule has 0 unspecified atom stereocenters. The molecular formula is C11H14ClF3N4O. The number of nitrogens with one attached hydrogen (secondary N) is 1. The molecule has 0 bridgehead atoms. The Morgan fingerprint density at radius 2 is 2.15 bits per heavy atom. The van der Waals surface area contributed by atoms with Crippen molar-refractivity contribution in [1.29, 1.82) is 0 Å². The minimum Gasteiger partial charge on any atom is -0.327 e. The topological polar surface area (TPSA) is 71.2 Å². The van der Waals surface area contributed by atoms with E-state index in [-0.39, 0.29) is 16.4 Å². The van der Waals surface area contributed by atoms with Crippen LogP contribution in [0.5, 0.6) is 0 Å². The summed E-state index contributed by atoms with van der Waals surface area (Å²) >= 11 is 5.79. The van der Waals surface area contributed by atoms with Gasteiger partial charge in [-0.25, -0.2) is 10.8 Å².